The molecule has 114 valence electrons. The van der Waals surface area contributed by atoms with Crippen LogP contribution in [0, 0.1) is 0 Å². The lowest BCUT2D eigenvalue weighted by Crippen LogP contribution is -2.16. The lowest BCUT2D eigenvalue weighted by molar-refractivity contribution is 0.0798. The molecule has 0 amide bonds. The van der Waals surface area contributed by atoms with Crippen LogP contribution >= 0.6 is 11.3 Å². The molecule has 0 unspecified atom stereocenters. The highest BCUT2D eigenvalue weighted by molar-refractivity contribution is 7.19. The number of hydrogen-bond donors (Lipinski definition) is 3. The van der Waals surface area contributed by atoms with E-state index in [9.17, 15) is 5.11 Å². The zero-order chi connectivity index (χ0) is 16.0. The van der Waals surface area contributed by atoms with Gasteiger partial charge in [0.2, 0.25) is 0 Å². The van der Waals surface area contributed by atoms with E-state index in [1.54, 1.807) is 13.8 Å². The SMILES string of the molecule is CC(C)(C)c1nc(-c2cc(C(C)(C)O)c(N)s2)ccc1N. The van der Waals surface area contributed by atoms with E-state index < -0.39 is 5.60 Å². The first-order valence-electron chi connectivity index (χ1n) is 6.89. The average Bonchev–Trinajstić information content (AvgIpc) is 2.70. The number of nitrogen functional groups attached to an aromatic ring is 2. The third kappa shape index (κ3) is 3.19. The molecule has 0 aliphatic rings. The van der Waals surface area contributed by atoms with Crippen molar-refractivity contribution in [2.45, 2.75) is 45.6 Å². The Morgan fingerprint density at radius 3 is 2.19 bits per heavy atom. The fourth-order valence-corrected chi connectivity index (χ4v) is 3.27. The summed E-state index contributed by atoms with van der Waals surface area (Å²) in [6, 6.07) is 5.68. The molecule has 0 spiro atoms. The minimum Gasteiger partial charge on any atom is -0.397 e. The molecule has 0 saturated carbocycles. The largest absolute Gasteiger partial charge is 0.397 e. The van der Waals surface area contributed by atoms with Gasteiger partial charge in [0.25, 0.3) is 0 Å². The molecule has 5 heteroatoms. The molecule has 5 N–H and O–H groups in total. The van der Waals surface area contributed by atoms with Gasteiger partial charge in [-0.05, 0) is 32.0 Å². The first-order chi connectivity index (χ1) is 9.50. The molecule has 0 saturated heterocycles. The van der Waals surface area contributed by atoms with Crippen LogP contribution in [0.2, 0.25) is 0 Å². The first kappa shape index (κ1) is 15.8. The van der Waals surface area contributed by atoms with Crippen molar-refractivity contribution in [1.82, 2.24) is 4.98 Å². The van der Waals surface area contributed by atoms with Crippen LogP contribution in [0.3, 0.4) is 0 Å². The smallest absolute Gasteiger partial charge is 0.0924 e. The molecule has 0 aliphatic carbocycles. The Hall–Kier alpha value is -1.59. The van der Waals surface area contributed by atoms with Crippen molar-refractivity contribution in [2.24, 2.45) is 0 Å². The van der Waals surface area contributed by atoms with Crippen molar-refractivity contribution in [3.05, 3.63) is 29.5 Å². The lowest BCUT2D eigenvalue weighted by Gasteiger charge is -2.20. The van der Waals surface area contributed by atoms with E-state index in [0.717, 1.165) is 21.8 Å². The molecular formula is C16H23N3OS. The zero-order valence-electron chi connectivity index (χ0n) is 13.2. The van der Waals surface area contributed by atoms with Gasteiger partial charge in [0.15, 0.2) is 0 Å². The summed E-state index contributed by atoms with van der Waals surface area (Å²) in [5.74, 6) is 0. The maximum atomic E-state index is 10.1. The van der Waals surface area contributed by atoms with Gasteiger partial charge in [-0.1, -0.05) is 20.8 Å². The van der Waals surface area contributed by atoms with Gasteiger partial charge in [-0.3, -0.25) is 0 Å². The second kappa shape index (κ2) is 5.00. The van der Waals surface area contributed by atoms with Crippen molar-refractivity contribution < 1.29 is 5.11 Å². The monoisotopic (exact) mass is 305 g/mol. The standard InChI is InChI=1S/C16H23N3OS/c1-15(2,3)13-10(17)6-7-11(19-13)12-8-9(14(18)21-12)16(4,5)20/h6-8,20H,17-18H2,1-5H3. The molecule has 2 rings (SSSR count). The van der Waals surface area contributed by atoms with Crippen LogP contribution < -0.4 is 11.5 Å². The molecule has 2 aromatic heterocycles. The Morgan fingerprint density at radius 1 is 1.10 bits per heavy atom. The maximum Gasteiger partial charge on any atom is 0.0924 e. The van der Waals surface area contributed by atoms with Crippen LogP contribution in [0.5, 0.6) is 0 Å². The molecule has 0 aromatic carbocycles. The molecule has 0 aliphatic heterocycles. The Balaban J connectivity index is 2.54. The minimum atomic E-state index is -0.959. The van der Waals surface area contributed by atoms with Gasteiger partial charge in [0.1, 0.15) is 0 Å². The number of nitrogens with two attached hydrogens (primary N) is 2. The molecule has 21 heavy (non-hydrogen) atoms. The number of thiophene rings is 1. The number of aliphatic hydroxyl groups is 1. The highest BCUT2D eigenvalue weighted by Gasteiger charge is 2.24. The van der Waals surface area contributed by atoms with Crippen molar-refractivity contribution in [2.75, 3.05) is 11.5 Å². The normalized spacial score (nSPS) is 12.7. The van der Waals surface area contributed by atoms with Crippen LogP contribution in [0.1, 0.15) is 45.9 Å². The number of anilines is 2. The number of pyridine rings is 1. The summed E-state index contributed by atoms with van der Waals surface area (Å²) in [5, 5.41) is 10.8. The van der Waals surface area contributed by atoms with Crippen molar-refractivity contribution >= 4 is 22.0 Å². The zero-order valence-corrected chi connectivity index (χ0v) is 14.0. The van der Waals surface area contributed by atoms with Gasteiger partial charge in [0, 0.05) is 11.0 Å². The van der Waals surface area contributed by atoms with Gasteiger partial charge in [-0.15, -0.1) is 11.3 Å². The van der Waals surface area contributed by atoms with Crippen molar-refractivity contribution in [1.29, 1.82) is 0 Å². The van der Waals surface area contributed by atoms with Gasteiger partial charge in [-0.2, -0.15) is 0 Å². The Labute approximate surface area is 129 Å². The Bertz CT molecular complexity index is 663. The summed E-state index contributed by atoms with van der Waals surface area (Å²) >= 11 is 1.43. The number of hydrogen-bond acceptors (Lipinski definition) is 5. The van der Waals surface area contributed by atoms with E-state index in [-0.39, 0.29) is 5.41 Å². The fraction of sp³-hybridized carbons (Fsp3) is 0.438. The third-order valence-electron chi connectivity index (χ3n) is 3.31. The van der Waals surface area contributed by atoms with Crippen LogP contribution in [0.15, 0.2) is 18.2 Å². The van der Waals surface area contributed by atoms with E-state index in [0.29, 0.717) is 10.7 Å². The van der Waals surface area contributed by atoms with Crippen LogP contribution in [0.25, 0.3) is 10.6 Å². The van der Waals surface area contributed by atoms with Gasteiger partial charge >= 0.3 is 0 Å². The van der Waals surface area contributed by atoms with E-state index in [1.807, 2.05) is 18.2 Å². The summed E-state index contributed by atoms with van der Waals surface area (Å²) in [5.41, 5.74) is 14.1. The van der Waals surface area contributed by atoms with Gasteiger partial charge in [-0.25, -0.2) is 4.98 Å². The van der Waals surface area contributed by atoms with Crippen LogP contribution in [0.4, 0.5) is 10.7 Å². The van der Waals surface area contributed by atoms with Gasteiger partial charge in [0.05, 0.1) is 32.6 Å². The number of aromatic nitrogens is 1. The van der Waals surface area contributed by atoms with Crippen LogP contribution in [-0.2, 0) is 11.0 Å². The van der Waals surface area contributed by atoms with Gasteiger partial charge < -0.3 is 16.6 Å². The molecule has 4 nitrogen and oxygen atoms in total. The fourth-order valence-electron chi connectivity index (χ4n) is 2.22. The summed E-state index contributed by atoms with van der Waals surface area (Å²) in [6.45, 7) is 9.71. The first-order valence-corrected chi connectivity index (χ1v) is 7.71. The maximum absolute atomic E-state index is 10.1. The molecule has 0 atom stereocenters. The summed E-state index contributed by atoms with van der Waals surface area (Å²) in [4.78, 5) is 5.64. The van der Waals surface area contributed by atoms with E-state index in [2.05, 4.69) is 20.8 Å². The summed E-state index contributed by atoms with van der Waals surface area (Å²) in [7, 11) is 0. The van der Waals surface area contributed by atoms with Crippen molar-refractivity contribution in [3.63, 3.8) is 0 Å². The number of nitrogens with zero attached hydrogens (tertiary/aromatic N) is 1. The lowest BCUT2D eigenvalue weighted by atomic mass is 9.90. The Kier molecular flexibility index (Phi) is 3.76. The van der Waals surface area contributed by atoms with Crippen LogP contribution in [-0.4, -0.2) is 10.1 Å². The molecule has 0 fully saturated rings. The highest BCUT2D eigenvalue weighted by atomic mass is 32.1. The van der Waals surface area contributed by atoms with E-state index >= 15 is 0 Å². The molecule has 2 heterocycles. The van der Waals surface area contributed by atoms with Crippen molar-refractivity contribution in [3.8, 4) is 10.6 Å². The topological polar surface area (TPSA) is 85.2 Å². The Morgan fingerprint density at radius 2 is 1.71 bits per heavy atom. The molecule has 0 radical (unpaired) electrons. The highest BCUT2D eigenvalue weighted by Crippen LogP contribution is 2.39. The second-order valence-corrected chi connectivity index (χ2v) is 7.92. The molecule has 2 aromatic rings. The van der Waals surface area contributed by atoms with E-state index in [1.165, 1.54) is 11.3 Å². The quantitative estimate of drug-likeness (QED) is 0.792. The average molecular weight is 305 g/mol. The van der Waals surface area contributed by atoms with E-state index in [4.69, 9.17) is 16.5 Å². The molecule has 0 bridgehead atoms. The predicted octanol–water partition coefficient (Wildman–Crippen LogP) is 3.50. The summed E-state index contributed by atoms with van der Waals surface area (Å²) in [6.07, 6.45) is 0. The minimum absolute atomic E-state index is 0.123. The number of rotatable bonds is 2. The summed E-state index contributed by atoms with van der Waals surface area (Å²) < 4.78 is 0. The third-order valence-corrected chi connectivity index (χ3v) is 4.30. The predicted molar refractivity (Wildman–Crippen MR) is 90.3 cm³/mol. The second-order valence-electron chi connectivity index (χ2n) is 6.83. The molecular weight excluding hydrogens is 282 g/mol.